The number of amides is 1. The fourth-order valence-corrected chi connectivity index (χ4v) is 3.28. The largest absolute Gasteiger partial charge is 0.489 e. The van der Waals surface area contributed by atoms with Crippen LogP contribution in [0.25, 0.3) is 0 Å². The van der Waals surface area contributed by atoms with E-state index in [4.69, 9.17) is 18.9 Å². The number of anilines is 2. The Morgan fingerprint density at radius 1 is 1.20 bits per heavy atom. The van der Waals surface area contributed by atoms with E-state index in [-0.39, 0.29) is 18.2 Å². The lowest BCUT2D eigenvalue weighted by atomic mass is 10.0. The Morgan fingerprint density at radius 3 is 2.67 bits per heavy atom. The number of carbonyl (C=O) groups is 1. The third kappa shape index (κ3) is 6.37. The molecule has 0 spiro atoms. The van der Waals surface area contributed by atoms with E-state index in [1.807, 2.05) is 50.2 Å². The maximum Gasteiger partial charge on any atom is 0.411 e. The topological polar surface area (TPSA) is 78.1 Å². The molecule has 1 heterocycles. The summed E-state index contributed by atoms with van der Waals surface area (Å²) in [6.45, 7) is 6.80. The fourth-order valence-electron chi connectivity index (χ4n) is 3.28. The van der Waals surface area contributed by atoms with Crippen LogP contribution in [0.2, 0.25) is 0 Å². The van der Waals surface area contributed by atoms with Gasteiger partial charge in [-0.25, -0.2) is 4.79 Å². The van der Waals surface area contributed by atoms with Crippen molar-refractivity contribution in [1.82, 2.24) is 0 Å². The maximum atomic E-state index is 11.9. The van der Waals surface area contributed by atoms with Crippen molar-refractivity contribution in [3.05, 3.63) is 54.1 Å². The van der Waals surface area contributed by atoms with Crippen LogP contribution < -0.4 is 15.4 Å². The number of carbonyl (C=O) groups excluding carboxylic acids is 1. The molecule has 162 valence electrons. The van der Waals surface area contributed by atoms with Crippen LogP contribution in [0.3, 0.4) is 0 Å². The molecule has 1 saturated heterocycles. The highest BCUT2D eigenvalue weighted by atomic mass is 16.7. The zero-order valence-electron chi connectivity index (χ0n) is 17.7. The molecule has 1 aliphatic heterocycles. The summed E-state index contributed by atoms with van der Waals surface area (Å²) >= 11 is 0. The Balaban J connectivity index is 1.79. The molecule has 2 atom stereocenters. The van der Waals surface area contributed by atoms with Crippen molar-refractivity contribution >= 4 is 17.5 Å². The fraction of sp³-hybridized carbons (Fsp3) is 0.435. The van der Waals surface area contributed by atoms with Gasteiger partial charge in [0.1, 0.15) is 18.6 Å². The summed E-state index contributed by atoms with van der Waals surface area (Å²) in [4.78, 5) is 11.9. The highest BCUT2D eigenvalue weighted by Gasteiger charge is 2.27. The average Bonchev–Trinajstić information content (AvgIpc) is 3.25. The van der Waals surface area contributed by atoms with E-state index in [2.05, 4.69) is 22.8 Å². The normalized spacial score (nSPS) is 16.9. The number of rotatable bonds is 9. The molecule has 1 amide bonds. The number of hydrogen-bond acceptors (Lipinski definition) is 6. The highest BCUT2D eigenvalue weighted by Crippen LogP contribution is 2.30. The van der Waals surface area contributed by atoms with Crippen LogP contribution in [0.1, 0.15) is 26.3 Å². The van der Waals surface area contributed by atoms with Crippen molar-refractivity contribution < 1.29 is 23.7 Å². The van der Waals surface area contributed by atoms with Crippen molar-refractivity contribution in [2.24, 2.45) is 0 Å². The minimum Gasteiger partial charge on any atom is -0.489 e. The Labute approximate surface area is 177 Å². The van der Waals surface area contributed by atoms with Crippen LogP contribution in [0.5, 0.6) is 5.75 Å². The zero-order valence-corrected chi connectivity index (χ0v) is 17.7. The SMILES string of the molecule is CCOC(=O)Nc1ccc(NC(Cc2ccccc2)C2COCO2)cc1OC(C)C. The third-order valence-corrected chi connectivity index (χ3v) is 4.60. The molecular weight excluding hydrogens is 384 g/mol. The maximum absolute atomic E-state index is 11.9. The van der Waals surface area contributed by atoms with Gasteiger partial charge in [-0.2, -0.15) is 0 Å². The minimum atomic E-state index is -0.509. The predicted molar refractivity (Wildman–Crippen MR) is 116 cm³/mol. The zero-order chi connectivity index (χ0) is 21.3. The molecule has 1 aliphatic rings. The van der Waals surface area contributed by atoms with Crippen LogP contribution in [0.15, 0.2) is 48.5 Å². The first kappa shape index (κ1) is 21.9. The van der Waals surface area contributed by atoms with Gasteiger partial charge < -0.3 is 24.3 Å². The second-order valence-corrected chi connectivity index (χ2v) is 7.36. The van der Waals surface area contributed by atoms with Crippen molar-refractivity contribution in [2.75, 3.05) is 30.6 Å². The third-order valence-electron chi connectivity index (χ3n) is 4.60. The van der Waals surface area contributed by atoms with Gasteiger partial charge in [-0.05, 0) is 44.9 Å². The predicted octanol–water partition coefficient (Wildman–Crippen LogP) is 4.44. The van der Waals surface area contributed by atoms with Gasteiger partial charge in [0.2, 0.25) is 0 Å². The summed E-state index contributed by atoms with van der Waals surface area (Å²) in [6, 6.07) is 15.9. The number of nitrogens with one attached hydrogen (secondary N) is 2. The van der Waals surface area contributed by atoms with E-state index in [0.717, 1.165) is 12.1 Å². The minimum absolute atomic E-state index is 0.0191. The molecule has 0 aromatic heterocycles. The van der Waals surface area contributed by atoms with E-state index in [0.29, 0.717) is 31.4 Å². The summed E-state index contributed by atoms with van der Waals surface area (Å²) in [5.41, 5.74) is 2.65. The molecule has 7 nitrogen and oxygen atoms in total. The second kappa shape index (κ2) is 10.8. The summed E-state index contributed by atoms with van der Waals surface area (Å²) < 4.78 is 22.1. The van der Waals surface area contributed by atoms with Gasteiger partial charge in [-0.3, -0.25) is 5.32 Å². The molecule has 3 rings (SSSR count). The van der Waals surface area contributed by atoms with Crippen LogP contribution in [0, 0.1) is 0 Å². The van der Waals surface area contributed by atoms with Gasteiger partial charge in [0.05, 0.1) is 31.0 Å². The molecular formula is C23H30N2O5. The first-order valence-corrected chi connectivity index (χ1v) is 10.3. The molecule has 30 heavy (non-hydrogen) atoms. The first-order chi connectivity index (χ1) is 14.5. The smallest absolute Gasteiger partial charge is 0.411 e. The van der Waals surface area contributed by atoms with Gasteiger partial charge >= 0.3 is 6.09 Å². The van der Waals surface area contributed by atoms with E-state index in [1.54, 1.807) is 6.92 Å². The number of benzene rings is 2. The van der Waals surface area contributed by atoms with Gasteiger partial charge in [-0.15, -0.1) is 0 Å². The molecule has 0 radical (unpaired) electrons. The van der Waals surface area contributed by atoms with Crippen LogP contribution >= 0.6 is 0 Å². The molecule has 2 aromatic carbocycles. The van der Waals surface area contributed by atoms with E-state index >= 15 is 0 Å². The summed E-state index contributed by atoms with van der Waals surface area (Å²) in [7, 11) is 0. The number of hydrogen-bond donors (Lipinski definition) is 2. The van der Waals surface area contributed by atoms with Crippen molar-refractivity contribution in [3.63, 3.8) is 0 Å². The van der Waals surface area contributed by atoms with E-state index in [9.17, 15) is 4.79 Å². The monoisotopic (exact) mass is 414 g/mol. The summed E-state index contributed by atoms with van der Waals surface area (Å²) in [5, 5.41) is 6.29. The van der Waals surface area contributed by atoms with E-state index in [1.165, 1.54) is 5.56 Å². The summed E-state index contributed by atoms with van der Waals surface area (Å²) in [5.74, 6) is 0.574. The highest BCUT2D eigenvalue weighted by molar-refractivity contribution is 5.87. The lowest BCUT2D eigenvalue weighted by Gasteiger charge is -2.25. The molecule has 1 fully saturated rings. The molecule has 2 unspecified atom stereocenters. The van der Waals surface area contributed by atoms with Crippen LogP contribution in [0.4, 0.5) is 16.2 Å². The first-order valence-electron chi connectivity index (χ1n) is 10.3. The summed E-state index contributed by atoms with van der Waals surface area (Å²) in [6.07, 6.45) is 0.176. The molecule has 0 aliphatic carbocycles. The van der Waals surface area contributed by atoms with Crippen molar-refractivity contribution in [1.29, 1.82) is 0 Å². The van der Waals surface area contributed by atoms with Crippen LogP contribution in [-0.2, 0) is 20.6 Å². The molecule has 2 aromatic rings. The average molecular weight is 415 g/mol. The Bertz CT molecular complexity index is 806. The van der Waals surface area contributed by atoms with Gasteiger partial charge in [0.25, 0.3) is 0 Å². The molecule has 2 N–H and O–H groups in total. The lowest BCUT2D eigenvalue weighted by molar-refractivity contribution is 0.0417. The Kier molecular flexibility index (Phi) is 7.93. The standard InChI is InChI=1S/C23H30N2O5/c1-4-28-23(26)25-19-11-10-18(13-21(19)30-16(2)3)24-20(22-14-27-15-29-22)12-17-8-6-5-7-9-17/h5-11,13,16,20,22,24H,4,12,14-15H2,1-3H3,(H,25,26). The lowest BCUT2D eigenvalue weighted by Crippen LogP contribution is -2.37. The molecule has 0 saturated carbocycles. The van der Waals surface area contributed by atoms with Crippen molar-refractivity contribution in [2.45, 2.75) is 45.4 Å². The quantitative estimate of drug-likeness (QED) is 0.632. The van der Waals surface area contributed by atoms with Gasteiger partial charge in [-0.1, -0.05) is 30.3 Å². The number of ether oxygens (including phenoxy) is 4. The Hall–Kier alpha value is -2.77. The van der Waals surface area contributed by atoms with Gasteiger partial charge in [0, 0.05) is 11.8 Å². The van der Waals surface area contributed by atoms with Gasteiger partial charge in [0.15, 0.2) is 0 Å². The second-order valence-electron chi connectivity index (χ2n) is 7.36. The van der Waals surface area contributed by atoms with E-state index < -0.39 is 6.09 Å². The van der Waals surface area contributed by atoms with Crippen molar-refractivity contribution in [3.8, 4) is 5.75 Å². The molecule has 0 bridgehead atoms. The van der Waals surface area contributed by atoms with Crippen LogP contribution in [-0.4, -0.2) is 44.3 Å². The Morgan fingerprint density at radius 2 is 2.00 bits per heavy atom. The molecule has 7 heteroatoms.